The number of hydrogen-bond donors (Lipinski definition) is 1. The number of anilines is 1. The highest BCUT2D eigenvalue weighted by Crippen LogP contribution is 2.32. The first kappa shape index (κ1) is 19.5. The SMILES string of the molecule is Cc1ccc(C)c2sc(NC(=O)C3CCN(S(=O)(=O)c4cccs4)CC3)nc12. The Kier molecular flexibility index (Phi) is 5.26. The van der Waals surface area contributed by atoms with Crippen molar-refractivity contribution in [2.75, 3.05) is 18.4 Å². The van der Waals surface area contributed by atoms with Gasteiger partial charge in [-0.2, -0.15) is 4.31 Å². The number of nitrogens with zero attached hydrogens (tertiary/aromatic N) is 2. The normalized spacial score (nSPS) is 16.5. The number of piperidine rings is 1. The third-order valence-corrected chi connectivity index (χ3v) is 9.46. The summed E-state index contributed by atoms with van der Waals surface area (Å²) in [6.07, 6.45) is 1.03. The topological polar surface area (TPSA) is 79.4 Å². The van der Waals surface area contributed by atoms with Gasteiger partial charge >= 0.3 is 0 Å². The maximum atomic E-state index is 12.7. The Labute approximate surface area is 172 Å². The van der Waals surface area contributed by atoms with Crippen molar-refractivity contribution < 1.29 is 13.2 Å². The standard InChI is InChI=1S/C19H21N3O3S3/c1-12-5-6-13(2)17-16(12)20-19(27-17)21-18(23)14-7-9-22(10-8-14)28(24,25)15-4-3-11-26-15/h3-6,11,14H,7-10H2,1-2H3,(H,20,21,23). The summed E-state index contributed by atoms with van der Waals surface area (Å²) in [6, 6.07) is 7.45. The number of amides is 1. The molecule has 9 heteroatoms. The second kappa shape index (κ2) is 7.55. The van der Waals surface area contributed by atoms with Crippen molar-refractivity contribution in [1.29, 1.82) is 0 Å². The van der Waals surface area contributed by atoms with Gasteiger partial charge in [-0.1, -0.05) is 29.5 Å². The summed E-state index contributed by atoms with van der Waals surface area (Å²) in [7, 11) is -3.44. The van der Waals surface area contributed by atoms with Crippen molar-refractivity contribution in [2.24, 2.45) is 5.92 Å². The number of thiazole rings is 1. The van der Waals surface area contributed by atoms with Crippen molar-refractivity contribution in [3.8, 4) is 0 Å². The molecule has 0 atom stereocenters. The van der Waals surface area contributed by atoms with E-state index < -0.39 is 10.0 Å². The highest BCUT2D eigenvalue weighted by molar-refractivity contribution is 7.91. The number of carbonyl (C=O) groups excluding carboxylic acids is 1. The lowest BCUT2D eigenvalue weighted by atomic mass is 9.97. The van der Waals surface area contributed by atoms with E-state index in [0.717, 1.165) is 21.3 Å². The number of aromatic nitrogens is 1. The number of nitrogens with one attached hydrogen (secondary N) is 1. The van der Waals surface area contributed by atoms with Crippen molar-refractivity contribution in [2.45, 2.75) is 30.9 Å². The lowest BCUT2D eigenvalue weighted by molar-refractivity contribution is -0.120. The molecule has 0 saturated carbocycles. The summed E-state index contributed by atoms with van der Waals surface area (Å²) in [4.78, 5) is 17.3. The first-order valence-electron chi connectivity index (χ1n) is 9.07. The lowest BCUT2D eigenvalue weighted by Gasteiger charge is -2.29. The Balaban J connectivity index is 1.42. The summed E-state index contributed by atoms with van der Waals surface area (Å²) in [5.41, 5.74) is 3.16. The van der Waals surface area contributed by atoms with E-state index in [1.165, 1.54) is 27.0 Å². The predicted molar refractivity (Wildman–Crippen MR) is 114 cm³/mol. The molecule has 3 heterocycles. The largest absolute Gasteiger partial charge is 0.302 e. The molecule has 0 unspecified atom stereocenters. The van der Waals surface area contributed by atoms with Crippen LogP contribution in [0.25, 0.3) is 10.2 Å². The van der Waals surface area contributed by atoms with Gasteiger partial charge in [0, 0.05) is 19.0 Å². The molecule has 6 nitrogen and oxygen atoms in total. The number of benzene rings is 1. The van der Waals surface area contributed by atoms with E-state index in [4.69, 9.17) is 0 Å². The highest BCUT2D eigenvalue weighted by Gasteiger charge is 2.32. The van der Waals surface area contributed by atoms with Gasteiger partial charge in [-0.3, -0.25) is 4.79 Å². The number of aryl methyl sites for hydroxylation is 2. The first-order valence-corrected chi connectivity index (χ1v) is 12.2. The van der Waals surface area contributed by atoms with Crippen molar-refractivity contribution in [3.05, 3.63) is 40.8 Å². The molecule has 1 N–H and O–H groups in total. The first-order chi connectivity index (χ1) is 13.4. The second-order valence-corrected chi connectivity index (χ2v) is 11.1. The average Bonchev–Trinajstić information content (AvgIpc) is 3.36. The Morgan fingerprint density at radius 2 is 1.89 bits per heavy atom. The number of hydrogen-bond acceptors (Lipinski definition) is 6. The van der Waals surface area contributed by atoms with E-state index in [-0.39, 0.29) is 11.8 Å². The van der Waals surface area contributed by atoms with Crippen LogP contribution in [-0.4, -0.2) is 36.7 Å². The number of thiophene rings is 1. The van der Waals surface area contributed by atoms with Crippen LogP contribution in [0.2, 0.25) is 0 Å². The van der Waals surface area contributed by atoms with Crippen LogP contribution in [0.4, 0.5) is 5.13 Å². The maximum absolute atomic E-state index is 12.7. The van der Waals surface area contributed by atoms with Crippen LogP contribution in [0.15, 0.2) is 33.9 Å². The fourth-order valence-electron chi connectivity index (χ4n) is 3.42. The number of sulfonamides is 1. The number of rotatable bonds is 4. The van der Waals surface area contributed by atoms with Crippen LogP contribution in [0, 0.1) is 19.8 Å². The molecule has 1 fully saturated rings. The van der Waals surface area contributed by atoms with Crippen molar-refractivity contribution in [3.63, 3.8) is 0 Å². The third-order valence-electron chi connectivity index (χ3n) is 5.09. The Bertz CT molecular complexity index is 1070. The van der Waals surface area contributed by atoms with Crippen LogP contribution in [-0.2, 0) is 14.8 Å². The molecule has 28 heavy (non-hydrogen) atoms. The Morgan fingerprint density at radius 1 is 1.18 bits per heavy atom. The van der Waals surface area contributed by atoms with Crippen LogP contribution in [0.3, 0.4) is 0 Å². The zero-order chi connectivity index (χ0) is 19.9. The van der Waals surface area contributed by atoms with Gasteiger partial charge in [0.1, 0.15) is 4.21 Å². The zero-order valence-electron chi connectivity index (χ0n) is 15.6. The van der Waals surface area contributed by atoms with Crippen LogP contribution in [0.1, 0.15) is 24.0 Å². The van der Waals surface area contributed by atoms with Gasteiger partial charge in [0.15, 0.2) is 5.13 Å². The zero-order valence-corrected chi connectivity index (χ0v) is 18.1. The summed E-state index contributed by atoms with van der Waals surface area (Å²) in [5, 5.41) is 5.30. The van der Waals surface area contributed by atoms with Gasteiger partial charge in [-0.25, -0.2) is 13.4 Å². The summed E-state index contributed by atoms with van der Waals surface area (Å²) < 4.78 is 28.1. The van der Waals surface area contributed by atoms with Crippen molar-refractivity contribution >= 4 is 54.0 Å². The molecule has 1 aromatic carbocycles. The van der Waals surface area contributed by atoms with E-state index >= 15 is 0 Å². The number of fused-ring (bicyclic) bond motifs is 1. The van der Waals surface area contributed by atoms with Gasteiger partial charge in [-0.05, 0) is 49.3 Å². The molecule has 148 valence electrons. The molecule has 1 aliphatic heterocycles. The quantitative estimate of drug-likeness (QED) is 0.671. The predicted octanol–water partition coefficient (Wildman–Crippen LogP) is 4.01. The lowest BCUT2D eigenvalue weighted by Crippen LogP contribution is -2.41. The molecule has 0 radical (unpaired) electrons. The minimum Gasteiger partial charge on any atom is -0.302 e. The Hall–Kier alpha value is -1.81. The summed E-state index contributed by atoms with van der Waals surface area (Å²) in [6.45, 7) is 4.76. The Morgan fingerprint density at radius 3 is 2.54 bits per heavy atom. The van der Waals surface area contributed by atoms with Gasteiger partial charge in [0.05, 0.1) is 10.2 Å². The van der Waals surface area contributed by atoms with E-state index in [1.54, 1.807) is 17.5 Å². The second-order valence-electron chi connectivity index (χ2n) is 7.00. The van der Waals surface area contributed by atoms with E-state index in [1.807, 2.05) is 19.9 Å². The molecule has 4 rings (SSSR count). The van der Waals surface area contributed by atoms with Gasteiger partial charge < -0.3 is 5.32 Å². The molecular formula is C19H21N3O3S3. The maximum Gasteiger partial charge on any atom is 0.252 e. The monoisotopic (exact) mass is 435 g/mol. The average molecular weight is 436 g/mol. The van der Waals surface area contributed by atoms with Crippen LogP contribution >= 0.6 is 22.7 Å². The minimum atomic E-state index is -3.44. The van der Waals surface area contributed by atoms with Crippen LogP contribution in [0.5, 0.6) is 0 Å². The van der Waals surface area contributed by atoms with Gasteiger partial charge in [0.25, 0.3) is 10.0 Å². The molecule has 0 spiro atoms. The van der Waals surface area contributed by atoms with E-state index in [2.05, 4.69) is 16.4 Å². The van der Waals surface area contributed by atoms with Crippen molar-refractivity contribution in [1.82, 2.24) is 9.29 Å². The molecule has 3 aromatic rings. The van der Waals surface area contributed by atoms with E-state index in [9.17, 15) is 13.2 Å². The fraction of sp³-hybridized carbons (Fsp3) is 0.368. The molecule has 1 saturated heterocycles. The molecule has 0 bridgehead atoms. The smallest absolute Gasteiger partial charge is 0.252 e. The summed E-state index contributed by atoms with van der Waals surface area (Å²) >= 11 is 2.71. The number of carbonyl (C=O) groups is 1. The molecular weight excluding hydrogens is 414 g/mol. The fourth-order valence-corrected chi connectivity index (χ4v) is 7.04. The minimum absolute atomic E-state index is 0.0810. The highest BCUT2D eigenvalue weighted by atomic mass is 32.2. The molecule has 1 aliphatic rings. The molecule has 1 amide bonds. The molecule has 2 aromatic heterocycles. The third kappa shape index (κ3) is 3.59. The van der Waals surface area contributed by atoms with Gasteiger partial charge in [-0.15, -0.1) is 11.3 Å². The molecule has 0 aliphatic carbocycles. The van der Waals surface area contributed by atoms with E-state index in [0.29, 0.717) is 35.3 Å². The van der Waals surface area contributed by atoms with Gasteiger partial charge in [0.2, 0.25) is 5.91 Å². The van der Waals surface area contributed by atoms with Crippen LogP contribution < -0.4 is 5.32 Å². The summed E-state index contributed by atoms with van der Waals surface area (Å²) in [5.74, 6) is -0.286.